The molecule has 0 saturated heterocycles. The molecule has 0 amide bonds. The van der Waals surface area contributed by atoms with Crippen molar-refractivity contribution in [2.24, 2.45) is 0 Å². The molecule has 1 saturated carbocycles. The fourth-order valence-electron chi connectivity index (χ4n) is 2.79. The summed E-state index contributed by atoms with van der Waals surface area (Å²) in [5, 5.41) is 7.87. The van der Waals surface area contributed by atoms with E-state index >= 15 is 0 Å². The molecule has 1 N–H and O–H groups in total. The van der Waals surface area contributed by atoms with Crippen molar-refractivity contribution in [3.63, 3.8) is 0 Å². The van der Waals surface area contributed by atoms with Gasteiger partial charge in [-0.2, -0.15) is 5.10 Å². The Hall–Kier alpha value is -1.61. The lowest BCUT2D eigenvalue weighted by atomic mass is 10.1. The first kappa shape index (κ1) is 12.4. The van der Waals surface area contributed by atoms with E-state index in [4.69, 9.17) is 0 Å². The molecule has 0 aliphatic heterocycles. The van der Waals surface area contributed by atoms with Crippen molar-refractivity contribution >= 4 is 0 Å². The Morgan fingerprint density at radius 2 is 1.89 bits per heavy atom. The first-order valence-electron chi connectivity index (χ1n) is 6.99. The van der Waals surface area contributed by atoms with E-state index in [9.17, 15) is 0 Å². The first-order chi connectivity index (χ1) is 9.19. The van der Waals surface area contributed by atoms with E-state index in [1.54, 1.807) is 0 Å². The monoisotopic (exact) mass is 255 g/mol. The molecule has 19 heavy (non-hydrogen) atoms. The van der Waals surface area contributed by atoms with Crippen molar-refractivity contribution in [2.75, 3.05) is 7.05 Å². The van der Waals surface area contributed by atoms with Gasteiger partial charge in [-0.05, 0) is 57.0 Å². The Bertz CT molecular complexity index is 574. The van der Waals surface area contributed by atoms with Crippen molar-refractivity contribution in [2.45, 2.75) is 39.2 Å². The molecule has 0 radical (unpaired) electrons. The van der Waals surface area contributed by atoms with Gasteiger partial charge in [-0.1, -0.05) is 6.07 Å². The molecular formula is C16H21N3. The largest absolute Gasteiger partial charge is 0.316 e. The van der Waals surface area contributed by atoms with Gasteiger partial charge in [-0.15, -0.1) is 0 Å². The van der Waals surface area contributed by atoms with Crippen LogP contribution in [0.15, 0.2) is 24.4 Å². The second-order valence-electron chi connectivity index (χ2n) is 5.62. The Morgan fingerprint density at radius 1 is 1.21 bits per heavy atom. The highest BCUT2D eigenvalue weighted by Crippen LogP contribution is 2.42. The third-order valence-electron chi connectivity index (χ3n) is 3.67. The van der Waals surface area contributed by atoms with Gasteiger partial charge in [0.2, 0.25) is 0 Å². The summed E-state index contributed by atoms with van der Waals surface area (Å²) in [6.07, 6.45) is 4.61. The molecule has 0 bridgehead atoms. The average Bonchev–Trinajstić information content (AvgIpc) is 3.10. The zero-order valence-corrected chi connectivity index (χ0v) is 11.9. The number of rotatable bonds is 4. The second kappa shape index (κ2) is 4.82. The molecule has 1 aliphatic rings. The Kier molecular flexibility index (Phi) is 3.15. The minimum atomic E-state index is 0.701. The SMILES string of the molecule is CNCc1cnn(-c2cc(C)cc(C)c2)c1C1CC1. The maximum Gasteiger partial charge on any atom is 0.0654 e. The molecule has 0 unspecified atom stereocenters. The van der Waals surface area contributed by atoms with Crippen LogP contribution in [-0.4, -0.2) is 16.8 Å². The molecule has 1 heterocycles. The molecule has 3 nitrogen and oxygen atoms in total. The van der Waals surface area contributed by atoms with Crippen LogP contribution in [0.5, 0.6) is 0 Å². The van der Waals surface area contributed by atoms with E-state index in [1.807, 2.05) is 13.2 Å². The molecule has 2 aromatic rings. The molecule has 3 rings (SSSR count). The third kappa shape index (κ3) is 2.43. The summed E-state index contributed by atoms with van der Waals surface area (Å²) in [6, 6.07) is 6.64. The molecular weight excluding hydrogens is 234 g/mol. The zero-order valence-electron chi connectivity index (χ0n) is 11.9. The van der Waals surface area contributed by atoms with Crippen molar-refractivity contribution in [1.82, 2.24) is 15.1 Å². The topological polar surface area (TPSA) is 29.9 Å². The lowest BCUT2D eigenvalue weighted by Crippen LogP contribution is -2.08. The fourth-order valence-corrected chi connectivity index (χ4v) is 2.79. The number of nitrogens with zero attached hydrogens (tertiary/aromatic N) is 2. The van der Waals surface area contributed by atoms with Crippen LogP contribution in [0.25, 0.3) is 5.69 Å². The van der Waals surface area contributed by atoms with Gasteiger partial charge in [0.25, 0.3) is 0 Å². The van der Waals surface area contributed by atoms with Crippen molar-refractivity contribution in [3.05, 3.63) is 46.8 Å². The van der Waals surface area contributed by atoms with Gasteiger partial charge >= 0.3 is 0 Å². The molecule has 1 fully saturated rings. The minimum absolute atomic E-state index is 0.701. The van der Waals surface area contributed by atoms with Gasteiger partial charge in [-0.3, -0.25) is 0 Å². The maximum atomic E-state index is 4.63. The highest BCUT2D eigenvalue weighted by molar-refractivity contribution is 5.42. The van der Waals surface area contributed by atoms with Gasteiger partial charge < -0.3 is 5.32 Å². The second-order valence-corrected chi connectivity index (χ2v) is 5.62. The Morgan fingerprint density at radius 3 is 2.47 bits per heavy atom. The summed E-state index contributed by atoms with van der Waals surface area (Å²) in [5.74, 6) is 0.701. The predicted octanol–water partition coefficient (Wildman–Crippen LogP) is 3.09. The van der Waals surface area contributed by atoms with Crippen LogP contribution in [0.3, 0.4) is 0 Å². The van der Waals surface area contributed by atoms with E-state index in [0.29, 0.717) is 5.92 Å². The van der Waals surface area contributed by atoms with Gasteiger partial charge in [0, 0.05) is 18.0 Å². The van der Waals surface area contributed by atoms with Crippen LogP contribution in [-0.2, 0) is 6.54 Å². The summed E-state index contributed by atoms with van der Waals surface area (Å²) >= 11 is 0. The lowest BCUT2D eigenvalue weighted by Gasteiger charge is -2.10. The van der Waals surface area contributed by atoms with Gasteiger partial charge in [-0.25, -0.2) is 4.68 Å². The van der Waals surface area contributed by atoms with Gasteiger partial charge in [0.05, 0.1) is 17.6 Å². The molecule has 0 atom stereocenters. The van der Waals surface area contributed by atoms with Crippen LogP contribution in [0.1, 0.15) is 41.1 Å². The van der Waals surface area contributed by atoms with Gasteiger partial charge in [0.15, 0.2) is 0 Å². The summed E-state index contributed by atoms with van der Waals surface area (Å²) in [5.41, 5.74) is 6.52. The number of benzene rings is 1. The molecule has 1 aromatic heterocycles. The first-order valence-corrected chi connectivity index (χ1v) is 6.99. The average molecular weight is 255 g/mol. The summed E-state index contributed by atoms with van der Waals surface area (Å²) in [7, 11) is 1.99. The minimum Gasteiger partial charge on any atom is -0.316 e. The Labute approximate surface area is 114 Å². The third-order valence-corrected chi connectivity index (χ3v) is 3.67. The van der Waals surface area contributed by atoms with Crippen molar-refractivity contribution in [1.29, 1.82) is 0 Å². The molecule has 1 aliphatic carbocycles. The number of nitrogens with one attached hydrogen (secondary N) is 1. The van der Waals surface area contributed by atoms with Crippen LogP contribution >= 0.6 is 0 Å². The summed E-state index contributed by atoms with van der Waals surface area (Å²) in [4.78, 5) is 0. The van der Waals surface area contributed by atoms with E-state index < -0.39 is 0 Å². The molecule has 100 valence electrons. The summed E-state index contributed by atoms with van der Waals surface area (Å²) in [6.45, 7) is 5.19. The van der Waals surface area contributed by atoms with E-state index in [1.165, 1.54) is 40.9 Å². The fraction of sp³-hybridized carbons (Fsp3) is 0.438. The zero-order chi connectivity index (χ0) is 13.4. The molecule has 3 heteroatoms. The van der Waals surface area contributed by atoms with E-state index in [2.05, 4.69) is 47.1 Å². The number of hydrogen-bond acceptors (Lipinski definition) is 2. The van der Waals surface area contributed by atoms with Crippen molar-refractivity contribution in [3.8, 4) is 5.69 Å². The maximum absolute atomic E-state index is 4.63. The molecule has 0 spiro atoms. The highest BCUT2D eigenvalue weighted by atomic mass is 15.3. The van der Waals surface area contributed by atoms with Crippen molar-refractivity contribution < 1.29 is 0 Å². The summed E-state index contributed by atoms with van der Waals surface area (Å²) < 4.78 is 2.14. The van der Waals surface area contributed by atoms with Crippen LogP contribution in [0.4, 0.5) is 0 Å². The smallest absolute Gasteiger partial charge is 0.0654 e. The lowest BCUT2D eigenvalue weighted by molar-refractivity contribution is 0.774. The van der Waals surface area contributed by atoms with E-state index in [0.717, 1.165) is 6.54 Å². The Balaban J connectivity index is 2.08. The predicted molar refractivity (Wildman–Crippen MR) is 77.8 cm³/mol. The number of hydrogen-bond donors (Lipinski definition) is 1. The number of aryl methyl sites for hydroxylation is 2. The normalized spacial score (nSPS) is 14.9. The van der Waals surface area contributed by atoms with Crippen LogP contribution < -0.4 is 5.32 Å². The highest BCUT2D eigenvalue weighted by Gasteiger charge is 2.30. The number of aromatic nitrogens is 2. The molecule has 1 aromatic carbocycles. The van der Waals surface area contributed by atoms with E-state index in [-0.39, 0.29) is 0 Å². The quantitative estimate of drug-likeness (QED) is 0.910. The van der Waals surface area contributed by atoms with Crippen LogP contribution in [0.2, 0.25) is 0 Å². The van der Waals surface area contributed by atoms with Gasteiger partial charge in [0.1, 0.15) is 0 Å². The standard InChI is InChI=1S/C16H21N3/c1-11-6-12(2)8-15(7-11)19-16(13-4-5-13)14(9-17-3)10-18-19/h6-8,10,13,17H,4-5,9H2,1-3H3. The van der Waals surface area contributed by atoms with Crippen LogP contribution in [0, 0.1) is 13.8 Å².